The van der Waals surface area contributed by atoms with E-state index in [2.05, 4.69) is 15.5 Å². The third-order valence-electron chi connectivity index (χ3n) is 3.47. The monoisotopic (exact) mass is 363 g/mol. The highest BCUT2D eigenvalue weighted by atomic mass is 35.5. The molecule has 1 N–H and O–H groups in total. The molecule has 0 saturated heterocycles. The molecule has 0 saturated carbocycles. The van der Waals surface area contributed by atoms with Crippen molar-refractivity contribution in [3.63, 3.8) is 0 Å². The molecule has 130 valence electrons. The van der Waals surface area contributed by atoms with Crippen molar-refractivity contribution in [3.8, 4) is 22.9 Å². The number of nitrogens with zero attached hydrogens (tertiary/aromatic N) is 2. The number of benzene rings is 2. The highest BCUT2D eigenvalue weighted by molar-refractivity contribution is 6.30. The summed E-state index contributed by atoms with van der Waals surface area (Å²) in [6.45, 7) is 0.164. The average molecular weight is 364 g/mol. The number of methoxy groups -OCH3 is 2. The molecule has 25 heavy (non-hydrogen) atoms. The molecule has 0 aliphatic heterocycles. The van der Waals surface area contributed by atoms with Gasteiger partial charge in [-0.25, -0.2) is 4.39 Å². The first-order valence-corrected chi connectivity index (χ1v) is 7.72. The zero-order valence-electron chi connectivity index (χ0n) is 13.5. The van der Waals surface area contributed by atoms with E-state index in [1.165, 1.54) is 18.2 Å². The first-order chi connectivity index (χ1) is 12.1. The maximum absolute atomic E-state index is 13.7. The summed E-state index contributed by atoms with van der Waals surface area (Å²) >= 11 is 5.86. The SMILES string of the molecule is COc1ccc(-c2noc(CNc3cc(Cl)ccc3F)n2)cc1OC. The van der Waals surface area contributed by atoms with E-state index in [-0.39, 0.29) is 12.2 Å². The summed E-state index contributed by atoms with van der Waals surface area (Å²) in [5.74, 6) is 1.45. The summed E-state index contributed by atoms with van der Waals surface area (Å²) in [6, 6.07) is 9.54. The van der Waals surface area contributed by atoms with Crippen LogP contribution in [0, 0.1) is 5.82 Å². The third-order valence-corrected chi connectivity index (χ3v) is 3.70. The summed E-state index contributed by atoms with van der Waals surface area (Å²) in [4.78, 5) is 4.29. The molecule has 0 fully saturated rings. The van der Waals surface area contributed by atoms with E-state index < -0.39 is 5.82 Å². The molecule has 0 aliphatic rings. The van der Waals surface area contributed by atoms with Crippen LogP contribution in [0.5, 0.6) is 11.5 Å². The lowest BCUT2D eigenvalue weighted by atomic mass is 10.2. The molecule has 3 rings (SSSR count). The lowest BCUT2D eigenvalue weighted by molar-refractivity contribution is 0.355. The van der Waals surface area contributed by atoms with E-state index in [4.69, 9.17) is 25.6 Å². The summed E-state index contributed by atoms with van der Waals surface area (Å²) in [5, 5.41) is 7.23. The van der Waals surface area contributed by atoms with Crippen LogP contribution in [0.3, 0.4) is 0 Å². The molecule has 2 aromatic carbocycles. The van der Waals surface area contributed by atoms with Crippen LogP contribution in [0.15, 0.2) is 40.9 Å². The van der Waals surface area contributed by atoms with Gasteiger partial charge in [0.25, 0.3) is 0 Å². The van der Waals surface area contributed by atoms with E-state index in [0.717, 1.165) is 0 Å². The molecular formula is C17H15ClFN3O3. The Kier molecular flexibility index (Phi) is 5.04. The molecule has 8 heteroatoms. The van der Waals surface area contributed by atoms with Gasteiger partial charge in [-0.2, -0.15) is 4.98 Å². The van der Waals surface area contributed by atoms with Gasteiger partial charge in [0.15, 0.2) is 11.5 Å². The van der Waals surface area contributed by atoms with E-state index in [1.807, 2.05) is 0 Å². The number of halogens is 2. The summed E-state index contributed by atoms with van der Waals surface area (Å²) in [6.07, 6.45) is 0. The van der Waals surface area contributed by atoms with Gasteiger partial charge in [-0.15, -0.1) is 0 Å². The highest BCUT2D eigenvalue weighted by Crippen LogP contribution is 2.31. The Hall–Kier alpha value is -2.80. The van der Waals surface area contributed by atoms with Crippen LogP contribution in [0.4, 0.5) is 10.1 Å². The van der Waals surface area contributed by atoms with Crippen LogP contribution in [-0.4, -0.2) is 24.4 Å². The van der Waals surface area contributed by atoms with Gasteiger partial charge in [-0.05, 0) is 36.4 Å². The van der Waals surface area contributed by atoms with Crippen molar-refractivity contribution in [1.29, 1.82) is 0 Å². The Balaban J connectivity index is 1.75. The van der Waals surface area contributed by atoms with E-state index in [1.54, 1.807) is 32.4 Å². The third kappa shape index (κ3) is 3.83. The highest BCUT2D eigenvalue weighted by Gasteiger charge is 2.12. The van der Waals surface area contributed by atoms with E-state index in [0.29, 0.717) is 33.8 Å². The quantitative estimate of drug-likeness (QED) is 0.709. The van der Waals surface area contributed by atoms with Gasteiger partial charge in [-0.3, -0.25) is 0 Å². The maximum Gasteiger partial charge on any atom is 0.246 e. The van der Waals surface area contributed by atoms with Gasteiger partial charge in [0.05, 0.1) is 26.5 Å². The van der Waals surface area contributed by atoms with Crippen molar-refractivity contribution < 1.29 is 18.4 Å². The lowest BCUT2D eigenvalue weighted by Gasteiger charge is -2.07. The van der Waals surface area contributed by atoms with Gasteiger partial charge in [0.1, 0.15) is 5.82 Å². The molecule has 0 bridgehead atoms. The maximum atomic E-state index is 13.7. The van der Waals surface area contributed by atoms with Gasteiger partial charge in [0.2, 0.25) is 11.7 Å². The van der Waals surface area contributed by atoms with E-state index in [9.17, 15) is 4.39 Å². The summed E-state index contributed by atoms with van der Waals surface area (Å²) in [7, 11) is 3.11. The van der Waals surface area contributed by atoms with Crippen molar-refractivity contribution in [2.24, 2.45) is 0 Å². The number of anilines is 1. The minimum Gasteiger partial charge on any atom is -0.493 e. The predicted octanol–water partition coefficient (Wildman–Crippen LogP) is 4.16. The normalized spacial score (nSPS) is 10.6. The number of aromatic nitrogens is 2. The van der Waals surface area contributed by atoms with Gasteiger partial charge in [0, 0.05) is 10.6 Å². The van der Waals surface area contributed by atoms with Crippen LogP contribution in [0.25, 0.3) is 11.4 Å². The minimum atomic E-state index is -0.413. The van der Waals surface area contributed by atoms with Crippen LogP contribution < -0.4 is 14.8 Å². The minimum absolute atomic E-state index is 0.164. The Bertz CT molecular complexity index is 885. The van der Waals surface area contributed by atoms with Crippen molar-refractivity contribution >= 4 is 17.3 Å². The summed E-state index contributed by atoms with van der Waals surface area (Å²) in [5.41, 5.74) is 0.972. The molecule has 6 nitrogen and oxygen atoms in total. The molecule has 0 radical (unpaired) electrons. The second-order valence-electron chi connectivity index (χ2n) is 5.06. The average Bonchev–Trinajstić information content (AvgIpc) is 3.11. The number of hydrogen-bond acceptors (Lipinski definition) is 6. The fraction of sp³-hybridized carbons (Fsp3) is 0.176. The van der Waals surface area contributed by atoms with Gasteiger partial charge in [-0.1, -0.05) is 16.8 Å². The number of ether oxygens (including phenoxy) is 2. The van der Waals surface area contributed by atoms with Crippen LogP contribution in [0.2, 0.25) is 5.02 Å². The molecule has 0 amide bonds. The first-order valence-electron chi connectivity index (χ1n) is 7.34. The fourth-order valence-electron chi connectivity index (χ4n) is 2.22. The van der Waals surface area contributed by atoms with Crippen molar-refractivity contribution in [1.82, 2.24) is 10.1 Å². The van der Waals surface area contributed by atoms with Gasteiger partial charge < -0.3 is 19.3 Å². The van der Waals surface area contributed by atoms with Gasteiger partial charge >= 0.3 is 0 Å². The lowest BCUT2D eigenvalue weighted by Crippen LogP contribution is -2.01. The second kappa shape index (κ2) is 7.40. The zero-order valence-corrected chi connectivity index (χ0v) is 14.3. The Morgan fingerprint density at radius 1 is 1.12 bits per heavy atom. The first kappa shape index (κ1) is 17.0. The molecular weight excluding hydrogens is 349 g/mol. The van der Waals surface area contributed by atoms with Crippen molar-refractivity contribution in [2.75, 3.05) is 19.5 Å². The molecule has 0 atom stereocenters. The fourth-order valence-corrected chi connectivity index (χ4v) is 2.40. The van der Waals surface area contributed by atoms with Crippen LogP contribution >= 0.6 is 11.6 Å². The Morgan fingerprint density at radius 2 is 1.92 bits per heavy atom. The molecule has 3 aromatic rings. The van der Waals surface area contributed by atoms with Crippen LogP contribution in [-0.2, 0) is 6.54 Å². The predicted molar refractivity (Wildman–Crippen MR) is 91.6 cm³/mol. The molecule has 0 aliphatic carbocycles. The smallest absolute Gasteiger partial charge is 0.246 e. The second-order valence-corrected chi connectivity index (χ2v) is 5.50. The topological polar surface area (TPSA) is 69.4 Å². The Morgan fingerprint density at radius 3 is 2.68 bits per heavy atom. The van der Waals surface area contributed by atoms with Crippen LogP contribution in [0.1, 0.15) is 5.89 Å². The molecule has 0 unspecified atom stereocenters. The number of rotatable bonds is 6. The largest absolute Gasteiger partial charge is 0.493 e. The number of nitrogens with one attached hydrogen (secondary N) is 1. The van der Waals surface area contributed by atoms with Crippen molar-refractivity contribution in [3.05, 3.63) is 53.1 Å². The molecule has 1 aromatic heterocycles. The zero-order chi connectivity index (χ0) is 17.8. The summed E-state index contributed by atoms with van der Waals surface area (Å²) < 4.78 is 29.3. The molecule has 0 spiro atoms. The van der Waals surface area contributed by atoms with E-state index >= 15 is 0 Å². The Labute approximate surface area is 148 Å². The standard InChI is InChI=1S/C17H15ClFN3O3/c1-23-14-6-3-10(7-15(14)24-2)17-21-16(25-22-17)9-20-13-8-11(18)4-5-12(13)19/h3-8,20H,9H2,1-2H3. The molecule has 1 heterocycles. The number of hydrogen-bond donors (Lipinski definition) is 1. The van der Waals surface area contributed by atoms with Crippen molar-refractivity contribution in [2.45, 2.75) is 6.54 Å².